The number of carbonyl (C=O) groups is 1. The van der Waals surface area contributed by atoms with Gasteiger partial charge in [0, 0.05) is 11.6 Å². The first kappa shape index (κ1) is 13.6. The number of amides is 1. The molecule has 5 nitrogen and oxygen atoms in total. The fourth-order valence-corrected chi connectivity index (χ4v) is 2.81. The van der Waals surface area contributed by atoms with Crippen LogP contribution in [0.1, 0.15) is 0 Å². The van der Waals surface area contributed by atoms with E-state index in [1.165, 1.54) is 7.11 Å². The van der Waals surface area contributed by atoms with Crippen molar-refractivity contribution in [3.63, 3.8) is 0 Å². The van der Waals surface area contributed by atoms with Gasteiger partial charge in [-0.25, -0.2) is 13.7 Å². The van der Waals surface area contributed by atoms with E-state index in [1.807, 2.05) is 0 Å². The van der Waals surface area contributed by atoms with Crippen LogP contribution in [-0.2, 0) is 14.4 Å². The number of methoxy groups -OCH3 is 1. The van der Waals surface area contributed by atoms with Gasteiger partial charge < -0.3 is 4.74 Å². The Morgan fingerprint density at radius 2 is 2.21 bits per heavy atom. The highest BCUT2D eigenvalue weighted by Crippen LogP contribution is 2.24. The molecule has 0 fully saturated rings. The molecule has 0 radical (unpaired) electrons. The molecule has 1 heterocycles. The third-order valence-corrected chi connectivity index (χ3v) is 4.32. The Hall–Kier alpha value is -1.79. The van der Waals surface area contributed by atoms with Crippen LogP contribution in [-0.4, -0.2) is 28.3 Å². The van der Waals surface area contributed by atoms with Crippen LogP contribution >= 0.6 is 11.6 Å². The van der Waals surface area contributed by atoms with Crippen molar-refractivity contribution in [1.29, 1.82) is 0 Å². The molecule has 1 aromatic heterocycles. The van der Waals surface area contributed by atoms with Crippen molar-refractivity contribution in [3.8, 4) is 0 Å². The highest BCUT2D eigenvalue weighted by atomic mass is 35.5. The summed E-state index contributed by atoms with van der Waals surface area (Å²) in [5.41, 5.74) is 0.671. The summed E-state index contributed by atoms with van der Waals surface area (Å²) in [6, 6.07) is 6.47. The van der Waals surface area contributed by atoms with E-state index in [0.29, 0.717) is 20.8 Å². The molecule has 7 heteroatoms. The molecule has 1 aromatic carbocycles. The van der Waals surface area contributed by atoms with Crippen molar-refractivity contribution < 1.29 is 13.7 Å². The van der Waals surface area contributed by atoms with Gasteiger partial charge >= 0.3 is 6.09 Å². The summed E-state index contributed by atoms with van der Waals surface area (Å²) in [5, 5.41) is 1.13. The predicted molar refractivity (Wildman–Crippen MR) is 75.8 cm³/mol. The van der Waals surface area contributed by atoms with Crippen LogP contribution in [0.2, 0.25) is 5.02 Å². The Morgan fingerprint density at radius 1 is 1.47 bits per heavy atom. The molecule has 0 saturated carbocycles. The molecule has 0 aliphatic rings. The number of ether oxygens (including phenoxy) is 1. The highest BCUT2D eigenvalue weighted by Gasteiger charge is 2.13. The Morgan fingerprint density at radius 3 is 2.89 bits per heavy atom. The van der Waals surface area contributed by atoms with E-state index in [0.717, 1.165) is 0 Å². The SMILES string of the molecule is C=S(=O)(NC(=O)OC)c1ccc2nccc(Cl)c2c1. The maximum absolute atomic E-state index is 12.3. The van der Waals surface area contributed by atoms with Crippen LogP contribution in [0.4, 0.5) is 4.79 Å². The lowest BCUT2D eigenvalue weighted by Gasteiger charge is -2.11. The second-order valence-corrected chi connectivity index (χ2v) is 6.17. The van der Waals surface area contributed by atoms with E-state index in [9.17, 15) is 9.00 Å². The van der Waals surface area contributed by atoms with Crippen molar-refractivity contribution in [1.82, 2.24) is 9.71 Å². The lowest BCUT2D eigenvalue weighted by Crippen LogP contribution is -2.30. The molecule has 0 spiro atoms. The van der Waals surface area contributed by atoms with Crippen LogP contribution in [0.5, 0.6) is 0 Å². The van der Waals surface area contributed by atoms with Crippen LogP contribution < -0.4 is 4.72 Å². The van der Waals surface area contributed by atoms with Crippen LogP contribution in [0.3, 0.4) is 0 Å². The molecule has 1 unspecified atom stereocenters. The average molecular weight is 299 g/mol. The standard InChI is InChI=1S/C12H11ClN2O3S/c1-18-12(16)15-19(2,17)8-3-4-11-9(7-8)10(13)5-6-14-11/h3-7H,2H2,1H3,(H,15,16,17). The summed E-state index contributed by atoms with van der Waals surface area (Å²) in [7, 11) is -1.80. The molecule has 2 rings (SSSR count). The van der Waals surface area contributed by atoms with Crippen molar-refractivity contribution in [3.05, 3.63) is 35.5 Å². The number of rotatable bonds is 2. The third-order valence-electron chi connectivity index (χ3n) is 2.47. The number of fused-ring (bicyclic) bond motifs is 1. The van der Waals surface area contributed by atoms with Gasteiger partial charge in [0.05, 0.1) is 32.3 Å². The minimum Gasteiger partial charge on any atom is -0.452 e. The molecule has 1 amide bonds. The molecule has 2 aromatic rings. The summed E-state index contributed by atoms with van der Waals surface area (Å²) < 4.78 is 18.9. The van der Waals surface area contributed by atoms with Gasteiger partial charge in [-0.3, -0.25) is 4.98 Å². The minimum atomic E-state index is -2.99. The van der Waals surface area contributed by atoms with E-state index < -0.39 is 15.8 Å². The Kier molecular flexibility index (Phi) is 3.64. The summed E-state index contributed by atoms with van der Waals surface area (Å²) in [5.74, 6) is 3.52. The van der Waals surface area contributed by atoms with Gasteiger partial charge in [0.2, 0.25) is 0 Å². The van der Waals surface area contributed by atoms with E-state index in [-0.39, 0.29) is 0 Å². The molecular formula is C12H11ClN2O3S. The van der Waals surface area contributed by atoms with Gasteiger partial charge in [0.1, 0.15) is 0 Å². The molecule has 0 aliphatic carbocycles. The van der Waals surface area contributed by atoms with Gasteiger partial charge in [-0.15, -0.1) is 0 Å². The number of benzene rings is 1. The Labute approximate surface area is 115 Å². The van der Waals surface area contributed by atoms with Crippen molar-refractivity contribution in [2.45, 2.75) is 4.90 Å². The molecular weight excluding hydrogens is 288 g/mol. The molecule has 1 N–H and O–H groups in total. The van der Waals surface area contributed by atoms with E-state index >= 15 is 0 Å². The lowest BCUT2D eigenvalue weighted by atomic mass is 10.2. The molecule has 0 aliphatic heterocycles. The second kappa shape index (κ2) is 5.07. The minimum absolute atomic E-state index is 0.348. The number of carbonyl (C=O) groups excluding carboxylic acids is 1. The topological polar surface area (TPSA) is 68.3 Å². The predicted octanol–water partition coefficient (Wildman–Crippen LogP) is 2.23. The van der Waals surface area contributed by atoms with Crippen molar-refractivity contribution in [2.75, 3.05) is 7.11 Å². The number of aromatic nitrogens is 1. The smallest absolute Gasteiger partial charge is 0.418 e. The average Bonchev–Trinajstić information content (AvgIpc) is 2.38. The van der Waals surface area contributed by atoms with Gasteiger partial charge in [-0.1, -0.05) is 11.6 Å². The third kappa shape index (κ3) is 2.80. The Balaban J connectivity index is 2.52. The lowest BCUT2D eigenvalue weighted by molar-refractivity contribution is 0.178. The van der Waals surface area contributed by atoms with Crippen LogP contribution in [0.25, 0.3) is 10.9 Å². The first-order valence-corrected chi connectivity index (χ1v) is 7.32. The van der Waals surface area contributed by atoms with E-state index in [2.05, 4.69) is 20.3 Å². The van der Waals surface area contributed by atoms with Crippen molar-refractivity contribution in [2.24, 2.45) is 0 Å². The molecule has 19 heavy (non-hydrogen) atoms. The van der Waals surface area contributed by atoms with Crippen molar-refractivity contribution >= 4 is 44.2 Å². The first-order valence-electron chi connectivity index (χ1n) is 5.21. The van der Waals surface area contributed by atoms with E-state index in [4.69, 9.17) is 11.6 Å². The number of nitrogens with one attached hydrogen (secondary N) is 1. The zero-order valence-corrected chi connectivity index (χ0v) is 11.6. The molecule has 0 bridgehead atoms. The monoisotopic (exact) mass is 298 g/mol. The summed E-state index contributed by atoms with van der Waals surface area (Å²) in [6.07, 6.45) is 0.774. The normalized spacial score (nSPS) is 13.8. The van der Waals surface area contributed by atoms with Crippen LogP contribution in [0, 0.1) is 0 Å². The summed E-state index contributed by atoms with van der Waals surface area (Å²) in [4.78, 5) is 15.6. The number of pyridine rings is 1. The maximum Gasteiger partial charge on any atom is 0.418 e. The number of nitrogens with zero attached hydrogens (tertiary/aromatic N) is 1. The zero-order valence-electron chi connectivity index (χ0n) is 10.1. The van der Waals surface area contributed by atoms with Gasteiger partial charge in [-0.2, -0.15) is 0 Å². The Bertz CT molecular complexity index is 744. The largest absolute Gasteiger partial charge is 0.452 e. The highest BCUT2D eigenvalue weighted by molar-refractivity contribution is 7.99. The summed E-state index contributed by atoms with van der Waals surface area (Å²) in [6.45, 7) is 0. The molecule has 0 saturated heterocycles. The van der Waals surface area contributed by atoms with Gasteiger partial charge in [-0.05, 0) is 30.1 Å². The summed E-state index contributed by atoms with van der Waals surface area (Å²) >= 11 is 6.05. The number of hydrogen-bond acceptors (Lipinski definition) is 4. The zero-order chi connectivity index (χ0) is 14.0. The van der Waals surface area contributed by atoms with Gasteiger partial charge in [0.15, 0.2) is 0 Å². The fraction of sp³-hybridized carbons (Fsp3) is 0.0833. The molecule has 100 valence electrons. The second-order valence-electron chi connectivity index (χ2n) is 3.74. The quantitative estimate of drug-likeness (QED) is 0.863. The number of halogens is 1. The fourth-order valence-electron chi connectivity index (χ4n) is 1.53. The van der Waals surface area contributed by atoms with Gasteiger partial charge in [0.25, 0.3) is 0 Å². The van der Waals surface area contributed by atoms with Crippen LogP contribution in [0.15, 0.2) is 35.4 Å². The molecule has 1 atom stereocenters. The first-order chi connectivity index (χ1) is 8.94. The maximum atomic E-state index is 12.3. The van der Waals surface area contributed by atoms with E-state index in [1.54, 1.807) is 30.5 Å². The number of hydrogen-bond donors (Lipinski definition) is 1.